The lowest BCUT2D eigenvalue weighted by atomic mass is 9.74. The van der Waals surface area contributed by atoms with Gasteiger partial charge in [0.05, 0.1) is 6.61 Å². The van der Waals surface area contributed by atoms with Crippen LogP contribution in [0.2, 0.25) is 0 Å². The summed E-state index contributed by atoms with van der Waals surface area (Å²) in [5, 5.41) is 0. The monoisotopic (exact) mass is 138 g/mol. The Morgan fingerprint density at radius 1 is 1.20 bits per heavy atom. The maximum absolute atomic E-state index is 5.41. The zero-order valence-corrected chi connectivity index (χ0v) is 6.31. The van der Waals surface area contributed by atoms with E-state index in [0.29, 0.717) is 0 Å². The number of ether oxygens (including phenoxy) is 1. The van der Waals surface area contributed by atoms with Gasteiger partial charge in [-0.05, 0) is 42.9 Å². The number of rotatable bonds is 1. The molecule has 3 aliphatic rings. The highest BCUT2D eigenvalue weighted by atomic mass is 16.5. The summed E-state index contributed by atoms with van der Waals surface area (Å²) in [5.41, 5.74) is 0.844. The van der Waals surface area contributed by atoms with Crippen LogP contribution in [0.25, 0.3) is 0 Å². The van der Waals surface area contributed by atoms with Gasteiger partial charge in [-0.15, -0.1) is 0 Å². The number of hydrogen-bond acceptors (Lipinski definition) is 1. The van der Waals surface area contributed by atoms with Gasteiger partial charge in [-0.25, -0.2) is 0 Å². The van der Waals surface area contributed by atoms with Gasteiger partial charge in [0.2, 0.25) is 0 Å². The van der Waals surface area contributed by atoms with Crippen LogP contribution in [0.5, 0.6) is 0 Å². The molecule has 0 amide bonds. The summed E-state index contributed by atoms with van der Waals surface area (Å²) in [6, 6.07) is 0. The normalized spacial score (nSPS) is 57.6. The zero-order chi connectivity index (χ0) is 6.60. The maximum atomic E-state index is 5.41. The minimum absolute atomic E-state index is 0.844. The first kappa shape index (κ1) is 5.59. The SMILES string of the molecule is C1CC(C23CCC2C3)CO1. The quantitative estimate of drug-likeness (QED) is 0.537. The molecule has 1 aliphatic heterocycles. The third-order valence-corrected chi connectivity index (χ3v) is 3.98. The smallest absolute Gasteiger partial charge is 0.0500 e. The van der Waals surface area contributed by atoms with Crippen molar-refractivity contribution in [3.63, 3.8) is 0 Å². The van der Waals surface area contributed by atoms with E-state index >= 15 is 0 Å². The fourth-order valence-electron chi connectivity index (χ4n) is 3.02. The summed E-state index contributed by atoms with van der Waals surface area (Å²) in [7, 11) is 0. The minimum Gasteiger partial charge on any atom is -0.381 e. The zero-order valence-electron chi connectivity index (χ0n) is 6.31. The standard InChI is InChI=1S/C9H14O/c1-3-9(5-7(1)9)8-2-4-10-6-8/h7-8H,1-6H2. The van der Waals surface area contributed by atoms with Crippen molar-refractivity contribution in [3.05, 3.63) is 0 Å². The molecular formula is C9H14O. The third kappa shape index (κ3) is 0.493. The van der Waals surface area contributed by atoms with Crippen LogP contribution in [-0.2, 0) is 4.74 Å². The molecule has 1 nitrogen and oxygen atoms in total. The Bertz CT molecular complexity index is 156. The molecule has 0 bridgehead atoms. The van der Waals surface area contributed by atoms with Gasteiger partial charge in [0.25, 0.3) is 0 Å². The Morgan fingerprint density at radius 2 is 2.20 bits per heavy atom. The van der Waals surface area contributed by atoms with E-state index in [0.717, 1.165) is 30.5 Å². The summed E-state index contributed by atoms with van der Waals surface area (Å²) in [5.74, 6) is 2.10. The molecule has 0 spiro atoms. The van der Waals surface area contributed by atoms with Crippen LogP contribution in [0.1, 0.15) is 25.7 Å². The fraction of sp³-hybridized carbons (Fsp3) is 1.00. The van der Waals surface area contributed by atoms with Crippen molar-refractivity contribution in [2.24, 2.45) is 17.3 Å². The van der Waals surface area contributed by atoms with Gasteiger partial charge >= 0.3 is 0 Å². The summed E-state index contributed by atoms with van der Waals surface area (Å²) in [6.45, 7) is 2.12. The second-order valence-corrected chi connectivity index (χ2v) is 4.23. The summed E-state index contributed by atoms with van der Waals surface area (Å²) in [4.78, 5) is 0. The van der Waals surface area contributed by atoms with E-state index in [1.165, 1.54) is 19.3 Å². The van der Waals surface area contributed by atoms with Crippen LogP contribution in [0.15, 0.2) is 0 Å². The van der Waals surface area contributed by atoms with E-state index in [9.17, 15) is 0 Å². The van der Waals surface area contributed by atoms with Crippen molar-refractivity contribution in [3.8, 4) is 0 Å². The highest BCUT2D eigenvalue weighted by molar-refractivity contribution is 5.13. The molecule has 0 aromatic carbocycles. The first-order valence-corrected chi connectivity index (χ1v) is 4.49. The minimum atomic E-state index is 0.844. The van der Waals surface area contributed by atoms with E-state index in [2.05, 4.69) is 0 Å². The van der Waals surface area contributed by atoms with E-state index in [4.69, 9.17) is 4.74 Å². The van der Waals surface area contributed by atoms with E-state index in [-0.39, 0.29) is 0 Å². The number of fused-ring (bicyclic) bond motifs is 1. The van der Waals surface area contributed by atoms with Crippen LogP contribution in [0.4, 0.5) is 0 Å². The Hall–Kier alpha value is -0.0400. The third-order valence-electron chi connectivity index (χ3n) is 3.98. The van der Waals surface area contributed by atoms with Crippen molar-refractivity contribution in [2.45, 2.75) is 25.7 Å². The maximum Gasteiger partial charge on any atom is 0.0500 e. The van der Waals surface area contributed by atoms with Crippen molar-refractivity contribution >= 4 is 0 Å². The van der Waals surface area contributed by atoms with Crippen LogP contribution < -0.4 is 0 Å². The van der Waals surface area contributed by atoms with Crippen molar-refractivity contribution in [1.82, 2.24) is 0 Å². The number of hydrogen-bond donors (Lipinski definition) is 0. The van der Waals surface area contributed by atoms with Gasteiger partial charge in [-0.3, -0.25) is 0 Å². The first-order valence-electron chi connectivity index (χ1n) is 4.49. The molecule has 0 N–H and O–H groups in total. The molecule has 3 fully saturated rings. The Labute approximate surface area is 61.8 Å². The molecule has 3 atom stereocenters. The summed E-state index contributed by atoms with van der Waals surface area (Å²) >= 11 is 0. The average molecular weight is 138 g/mol. The van der Waals surface area contributed by atoms with Gasteiger partial charge in [0.15, 0.2) is 0 Å². The highest BCUT2D eigenvalue weighted by Gasteiger charge is 2.64. The van der Waals surface area contributed by atoms with Crippen molar-refractivity contribution in [1.29, 1.82) is 0 Å². The fourth-order valence-corrected chi connectivity index (χ4v) is 3.02. The van der Waals surface area contributed by atoms with Crippen LogP contribution in [-0.4, -0.2) is 13.2 Å². The highest BCUT2D eigenvalue weighted by Crippen LogP contribution is 2.72. The van der Waals surface area contributed by atoms with Gasteiger partial charge in [0, 0.05) is 6.61 Å². The molecule has 2 saturated carbocycles. The molecule has 0 radical (unpaired) electrons. The molecule has 1 saturated heterocycles. The van der Waals surface area contributed by atoms with Crippen LogP contribution in [0, 0.1) is 17.3 Å². The Kier molecular flexibility index (Phi) is 0.883. The van der Waals surface area contributed by atoms with E-state index in [1.54, 1.807) is 6.42 Å². The predicted octanol–water partition coefficient (Wildman–Crippen LogP) is 1.82. The first-order chi connectivity index (χ1) is 4.92. The molecule has 0 aromatic rings. The molecule has 3 unspecified atom stereocenters. The predicted molar refractivity (Wildman–Crippen MR) is 38.7 cm³/mol. The lowest BCUT2D eigenvalue weighted by molar-refractivity contribution is 0.133. The Morgan fingerprint density at radius 3 is 2.60 bits per heavy atom. The van der Waals surface area contributed by atoms with Gasteiger partial charge in [-0.1, -0.05) is 0 Å². The van der Waals surface area contributed by atoms with Crippen molar-refractivity contribution < 1.29 is 4.74 Å². The van der Waals surface area contributed by atoms with Gasteiger partial charge in [-0.2, -0.15) is 0 Å². The summed E-state index contributed by atoms with van der Waals surface area (Å²) in [6.07, 6.45) is 5.94. The lowest BCUT2D eigenvalue weighted by Crippen LogP contribution is -2.25. The molecule has 10 heavy (non-hydrogen) atoms. The summed E-state index contributed by atoms with van der Waals surface area (Å²) < 4.78 is 5.41. The molecule has 2 aliphatic carbocycles. The average Bonchev–Trinajstić information content (AvgIpc) is 2.40. The van der Waals surface area contributed by atoms with E-state index < -0.39 is 0 Å². The largest absolute Gasteiger partial charge is 0.381 e. The molecule has 3 rings (SSSR count). The van der Waals surface area contributed by atoms with Gasteiger partial charge in [0.1, 0.15) is 0 Å². The molecular weight excluding hydrogens is 124 g/mol. The van der Waals surface area contributed by atoms with E-state index in [1.807, 2.05) is 0 Å². The van der Waals surface area contributed by atoms with Gasteiger partial charge < -0.3 is 4.74 Å². The second kappa shape index (κ2) is 1.58. The molecule has 1 heterocycles. The van der Waals surface area contributed by atoms with Crippen molar-refractivity contribution in [2.75, 3.05) is 13.2 Å². The molecule has 56 valence electrons. The topological polar surface area (TPSA) is 9.23 Å². The Balaban J connectivity index is 1.76. The van der Waals surface area contributed by atoms with Crippen LogP contribution >= 0.6 is 0 Å². The lowest BCUT2D eigenvalue weighted by Gasteiger charge is -2.30. The molecule has 0 aromatic heterocycles. The van der Waals surface area contributed by atoms with Crippen LogP contribution in [0.3, 0.4) is 0 Å². The second-order valence-electron chi connectivity index (χ2n) is 4.23. The molecule has 1 heteroatoms.